The second kappa shape index (κ2) is 8.99. The van der Waals surface area contributed by atoms with Crippen LogP contribution in [0, 0.1) is 0 Å². The van der Waals surface area contributed by atoms with Crippen LogP contribution in [0.5, 0.6) is 0 Å². The Morgan fingerprint density at radius 3 is 2.71 bits per heavy atom. The largest absolute Gasteiger partial charge is 0.462 e. The van der Waals surface area contributed by atoms with Gasteiger partial charge in [0.25, 0.3) is 0 Å². The van der Waals surface area contributed by atoms with E-state index in [4.69, 9.17) is 9.47 Å². The standard InChI is InChI=1S/C23H23N3O5/c1-2-30-22(28)19-14-26(21-18(20(19)27)9-6-11-24-21)17-10-12-25(13-17)23(29)31-15-16-7-4-3-5-8-16/h3-9,11,14,17H,2,10,12-13,15H2,1H3/t17-/m1/s1. The highest BCUT2D eigenvalue weighted by Crippen LogP contribution is 2.25. The van der Waals surface area contributed by atoms with Gasteiger partial charge < -0.3 is 18.9 Å². The maximum Gasteiger partial charge on any atom is 0.410 e. The fourth-order valence-corrected chi connectivity index (χ4v) is 3.76. The van der Waals surface area contributed by atoms with Crippen LogP contribution in [-0.4, -0.2) is 46.2 Å². The minimum absolute atomic E-state index is 0.0348. The van der Waals surface area contributed by atoms with Crippen LogP contribution in [0.4, 0.5) is 4.79 Å². The summed E-state index contributed by atoms with van der Waals surface area (Å²) < 4.78 is 12.3. The highest BCUT2D eigenvalue weighted by atomic mass is 16.6. The fourth-order valence-electron chi connectivity index (χ4n) is 3.76. The van der Waals surface area contributed by atoms with Crippen molar-refractivity contribution in [3.63, 3.8) is 0 Å². The second-order valence-corrected chi connectivity index (χ2v) is 7.30. The first kappa shape index (κ1) is 20.6. The quantitative estimate of drug-likeness (QED) is 0.588. The molecule has 1 aliphatic heterocycles. The lowest BCUT2D eigenvalue weighted by molar-refractivity contribution is 0.0523. The van der Waals surface area contributed by atoms with E-state index in [-0.39, 0.29) is 24.8 Å². The summed E-state index contributed by atoms with van der Waals surface area (Å²) in [4.78, 5) is 43.6. The van der Waals surface area contributed by atoms with Gasteiger partial charge in [-0.05, 0) is 31.0 Å². The molecule has 1 amide bonds. The molecule has 8 nitrogen and oxygen atoms in total. The molecule has 31 heavy (non-hydrogen) atoms. The number of benzene rings is 1. The minimum atomic E-state index is -0.663. The number of carbonyl (C=O) groups is 2. The third-order valence-electron chi connectivity index (χ3n) is 5.30. The third-order valence-corrected chi connectivity index (χ3v) is 5.30. The number of pyridine rings is 2. The van der Waals surface area contributed by atoms with Crippen LogP contribution in [0.3, 0.4) is 0 Å². The third kappa shape index (κ3) is 4.28. The van der Waals surface area contributed by atoms with Crippen molar-refractivity contribution in [2.45, 2.75) is 26.0 Å². The molecule has 0 unspecified atom stereocenters. The Labute approximate surface area is 179 Å². The van der Waals surface area contributed by atoms with E-state index in [0.717, 1.165) is 5.56 Å². The Hall–Kier alpha value is -3.68. The van der Waals surface area contributed by atoms with Crippen LogP contribution in [0.25, 0.3) is 11.0 Å². The molecule has 2 aromatic heterocycles. The Balaban J connectivity index is 1.56. The van der Waals surface area contributed by atoms with Gasteiger partial charge in [0.15, 0.2) is 0 Å². The van der Waals surface area contributed by atoms with Crippen molar-refractivity contribution in [3.05, 3.63) is 76.2 Å². The number of ether oxygens (including phenoxy) is 2. The van der Waals surface area contributed by atoms with E-state index in [1.807, 2.05) is 30.3 Å². The van der Waals surface area contributed by atoms with Crippen molar-refractivity contribution in [2.24, 2.45) is 0 Å². The molecule has 0 radical (unpaired) electrons. The summed E-state index contributed by atoms with van der Waals surface area (Å²) in [5.74, 6) is -0.663. The molecule has 1 aromatic carbocycles. The molecule has 1 aliphatic rings. The minimum Gasteiger partial charge on any atom is -0.462 e. The zero-order valence-electron chi connectivity index (χ0n) is 17.2. The van der Waals surface area contributed by atoms with Gasteiger partial charge in [0, 0.05) is 25.5 Å². The van der Waals surface area contributed by atoms with E-state index in [1.165, 1.54) is 6.20 Å². The van der Waals surface area contributed by atoms with Crippen LogP contribution >= 0.6 is 0 Å². The summed E-state index contributed by atoms with van der Waals surface area (Å²) in [6.45, 7) is 2.97. The molecule has 0 spiro atoms. The van der Waals surface area contributed by atoms with E-state index in [9.17, 15) is 14.4 Å². The smallest absolute Gasteiger partial charge is 0.410 e. The van der Waals surface area contributed by atoms with Gasteiger partial charge in [-0.15, -0.1) is 0 Å². The molecule has 160 valence electrons. The molecule has 1 saturated heterocycles. The lowest BCUT2D eigenvalue weighted by Gasteiger charge is -2.20. The number of amides is 1. The molecule has 3 aromatic rings. The number of hydrogen-bond donors (Lipinski definition) is 0. The zero-order valence-corrected chi connectivity index (χ0v) is 17.2. The molecule has 3 heterocycles. The lowest BCUT2D eigenvalue weighted by Crippen LogP contribution is -2.30. The Morgan fingerprint density at radius 2 is 1.94 bits per heavy atom. The highest BCUT2D eigenvalue weighted by molar-refractivity contribution is 5.93. The van der Waals surface area contributed by atoms with Crippen LogP contribution in [-0.2, 0) is 16.1 Å². The van der Waals surface area contributed by atoms with Crippen LogP contribution < -0.4 is 5.43 Å². The number of esters is 1. The number of aromatic nitrogens is 2. The average Bonchev–Trinajstić information content (AvgIpc) is 3.29. The van der Waals surface area contributed by atoms with Crippen molar-refractivity contribution < 1.29 is 19.1 Å². The van der Waals surface area contributed by atoms with Gasteiger partial charge in [0.1, 0.15) is 17.8 Å². The highest BCUT2D eigenvalue weighted by Gasteiger charge is 2.30. The average molecular weight is 421 g/mol. The first-order chi connectivity index (χ1) is 15.1. The maximum atomic E-state index is 12.8. The predicted molar refractivity (Wildman–Crippen MR) is 114 cm³/mol. The number of likely N-dealkylation sites (tertiary alicyclic amines) is 1. The topological polar surface area (TPSA) is 90.7 Å². The summed E-state index contributed by atoms with van der Waals surface area (Å²) in [6, 6.07) is 12.6. The van der Waals surface area contributed by atoms with Gasteiger partial charge in [-0.2, -0.15) is 0 Å². The van der Waals surface area contributed by atoms with Crippen molar-refractivity contribution in [3.8, 4) is 0 Å². The van der Waals surface area contributed by atoms with E-state index in [2.05, 4.69) is 4.98 Å². The van der Waals surface area contributed by atoms with Gasteiger partial charge in [0.05, 0.1) is 18.0 Å². The molecule has 0 aliphatic carbocycles. The normalized spacial score (nSPS) is 15.8. The number of rotatable bonds is 5. The van der Waals surface area contributed by atoms with Gasteiger partial charge in [-0.25, -0.2) is 14.6 Å². The van der Waals surface area contributed by atoms with E-state index < -0.39 is 17.5 Å². The summed E-state index contributed by atoms with van der Waals surface area (Å²) in [5, 5.41) is 0.346. The molecular formula is C23H23N3O5. The Bertz CT molecular complexity index is 1160. The molecule has 4 rings (SSSR count). The lowest BCUT2D eigenvalue weighted by atomic mass is 10.1. The first-order valence-corrected chi connectivity index (χ1v) is 10.2. The summed E-state index contributed by atoms with van der Waals surface area (Å²) in [6.07, 6.45) is 3.36. The van der Waals surface area contributed by atoms with Crippen molar-refractivity contribution >= 4 is 23.1 Å². The molecule has 0 saturated carbocycles. The zero-order chi connectivity index (χ0) is 21.8. The number of nitrogens with zero attached hydrogens (tertiary/aromatic N) is 3. The molecule has 1 fully saturated rings. The van der Waals surface area contributed by atoms with Gasteiger partial charge in [0.2, 0.25) is 5.43 Å². The Kier molecular flexibility index (Phi) is 5.97. The van der Waals surface area contributed by atoms with Crippen molar-refractivity contribution in [1.82, 2.24) is 14.5 Å². The molecule has 8 heteroatoms. The van der Waals surface area contributed by atoms with Crippen molar-refractivity contribution in [1.29, 1.82) is 0 Å². The van der Waals surface area contributed by atoms with Crippen LogP contribution in [0.1, 0.15) is 35.3 Å². The molecule has 0 N–H and O–H groups in total. The van der Waals surface area contributed by atoms with E-state index >= 15 is 0 Å². The van der Waals surface area contributed by atoms with Gasteiger partial charge in [-0.3, -0.25) is 4.79 Å². The predicted octanol–water partition coefficient (Wildman–Crippen LogP) is 3.16. The molecule has 1 atom stereocenters. The number of fused-ring (bicyclic) bond motifs is 1. The van der Waals surface area contributed by atoms with Gasteiger partial charge in [-0.1, -0.05) is 30.3 Å². The van der Waals surface area contributed by atoms with Crippen molar-refractivity contribution in [2.75, 3.05) is 19.7 Å². The van der Waals surface area contributed by atoms with Gasteiger partial charge >= 0.3 is 12.1 Å². The van der Waals surface area contributed by atoms with E-state index in [0.29, 0.717) is 30.5 Å². The SMILES string of the molecule is CCOC(=O)c1cn([C@@H]2CCN(C(=O)OCc3ccccc3)C2)c2ncccc2c1=O. The number of carbonyl (C=O) groups excluding carboxylic acids is 2. The summed E-state index contributed by atoms with van der Waals surface area (Å²) >= 11 is 0. The Morgan fingerprint density at radius 1 is 1.13 bits per heavy atom. The second-order valence-electron chi connectivity index (χ2n) is 7.30. The monoisotopic (exact) mass is 421 g/mol. The summed E-state index contributed by atoms with van der Waals surface area (Å²) in [7, 11) is 0. The van der Waals surface area contributed by atoms with Crippen LogP contribution in [0.15, 0.2) is 59.7 Å². The maximum absolute atomic E-state index is 12.8. The molecular weight excluding hydrogens is 398 g/mol. The first-order valence-electron chi connectivity index (χ1n) is 10.2. The van der Waals surface area contributed by atoms with E-state index in [1.54, 1.807) is 34.7 Å². The number of hydrogen-bond acceptors (Lipinski definition) is 6. The fraction of sp³-hybridized carbons (Fsp3) is 0.304. The molecule has 0 bridgehead atoms. The van der Waals surface area contributed by atoms with Crippen LogP contribution in [0.2, 0.25) is 0 Å². The summed E-state index contributed by atoms with van der Waals surface area (Å²) in [5.41, 5.74) is 0.953.